The highest BCUT2D eigenvalue weighted by molar-refractivity contribution is 5.97. The van der Waals surface area contributed by atoms with Gasteiger partial charge in [-0.25, -0.2) is 9.78 Å². The summed E-state index contributed by atoms with van der Waals surface area (Å²) in [5.74, 6) is -3.15. The number of rotatable bonds is 8. The van der Waals surface area contributed by atoms with Gasteiger partial charge in [0.25, 0.3) is 11.5 Å². The number of carboxylic acid groups (broad SMARTS) is 2. The molecule has 12 heteroatoms. The van der Waals surface area contributed by atoms with Crippen molar-refractivity contribution < 1.29 is 24.6 Å². The number of pyridine rings is 1. The summed E-state index contributed by atoms with van der Waals surface area (Å²) in [6.07, 6.45) is 2.33. The van der Waals surface area contributed by atoms with Gasteiger partial charge in [0, 0.05) is 30.0 Å². The highest BCUT2D eigenvalue weighted by Crippen LogP contribution is 2.14. The number of amides is 1. The minimum atomic E-state index is -1.32. The molecule has 0 saturated carbocycles. The number of nitrogen functional groups attached to an aromatic ring is 1. The fraction of sp³-hybridized carbons (Fsp3) is 0.150. The van der Waals surface area contributed by atoms with E-state index in [0.29, 0.717) is 11.3 Å². The number of nitrogens with one attached hydrogen (secondary N) is 2. The maximum absolute atomic E-state index is 12.3. The first-order chi connectivity index (χ1) is 15.2. The molecule has 0 bridgehead atoms. The van der Waals surface area contributed by atoms with E-state index >= 15 is 0 Å². The van der Waals surface area contributed by atoms with Crippen LogP contribution in [0.3, 0.4) is 0 Å². The summed E-state index contributed by atoms with van der Waals surface area (Å²) in [6.45, 7) is 0. The topological polar surface area (TPSA) is 201 Å². The normalized spacial score (nSPS) is 12.0. The Hall–Kier alpha value is -4.61. The molecule has 2 aromatic heterocycles. The minimum Gasteiger partial charge on any atom is -0.481 e. The number of aromatic amines is 1. The van der Waals surface area contributed by atoms with Gasteiger partial charge < -0.3 is 21.3 Å². The van der Waals surface area contributed by atoms with Gasteiger partial charge >= 0.3 is 11.9 Å². The van der Waals surface area contributed by atoms with Gasteiger partial charge in [-0.1, -0.05) is 0 Å². The number of nitrogens with two attached hydrogens (primary N) is 1. The highest BCUT2D eigenvalue weighted by Gasteiger charge is 2.21. The van der Waals surface area contributed by atoms with Crippen molar-refractivity contribution in [1.82, 2.24) is 20.3 Å². The maximum atomic E-state index is 12.3. The molecular formula is C20H18N6O6. The fourth-order valence-corrected chi connectivity index (χ4v) is 2.74. The molecule has 32 heavy (non-hydrogen) atoms. The molecule has 2 heterocycles. The van der Waals surface area contributed by atoms with Crippen molar-refractivity contribution in [3.8, 4) is 0 Å². The zero-order valence-electron chi connectivity index (χ0n) is 16.5. The van der Waals surface area contributed by atoms with Crippen LogP contribution in [0.2, 0.25) is 0 Å². The summed E-state index contributed by atoms with van der Waals surface area (Å²) in [6, 6.07) is 6.23. The molecule has 3 rings (SSSR count). The van der Waals surface area contributed by atoms with Crippen molar-refractivity contribution in [2.24, 2.45) is 4.99 Å². The maximum Gasteiger partial charge on any atom is 0.326 e. The number of carboxylic acids is 2. The molecule has 0 unspecified atom stereocenters. The number of H-pyrrole nitrogens is 1. The van der Waals surface area contributed by atoms with E-state index in [4.69, 9.17) is 15.9 Å². The monoisotopic (exact) mass is 438 g/mol. The van der Waals surface area contributed by atoms with Crippen LogP contribution in [0.25, 0.3) is 11.0 Å². The lowest BCUT2D eigenvalue weighted by Crippen LogP contribution is -2.41. The molecule has 0 fully saturated rings. The summed E-state index contributed by atoms with van der Waals surface area (Å²) in [7, 11) is 0. The van der Waals surface area contributed by atoms with E-state index in [1.54, 1.807) is 18.2 Å². The smallest absolute Gasteiger partial charge is 0.326 e. The van der Waals surface area contributed by atoms with Gasteiger partial charge in [-0.2, -0.15) is 4.98 Å². The van der Waals surface area contributed by atoms with Gasteiger partial charge in [0.15, 0.2) is 5.65 Å². The predicted octanol–water partition coefficient (Wildman–Crippen LogP) is 0.699. The summed E-state index contributed by atoms with van der Waals surface area (Å²) < 4.78 is 0. The molecule has 6 N–H and O–H groups in total. The van der Waals surface area contributed by atoms with Gasteiger partial charge in [-0.05, 0) is 36.8 Å². The number of nitrogens with zero attached hydrogens (tertiary/aromatic N) is 3. The summed E-state index contributed by atoms with van der Waals surface area (Å²) in [4.78, 5) is 60.7. The third-order valence-corrected chi connectivity index (χ3v) is 4.34. The Labute approximate surface area is 179 Å². The largest absolute Gasteiger partial charge is 0.481 e. The number of aliphatic carboxylic acids is 2. The summed E-state index contributed by atoms with van der Waals surface area (Å²) in [5.41, 5.74) is 6.49. The van der Waals surface area contributed by atoms with Gasteiger partial charge in [0.2, 0.25) is 5.95 Å². The molecule has 1 amide bonds. The lowest BCUT2D eigenvalue weighted by atomic mass is 10.1. The van der Waals surface area contributed by atoms with Crippen LogP contribution >= 0.6 is 0 Å². The number of hydrogen-bond acceptors (Lipinski definition) is 8. The van der Waals surface area contributed by atoms with E-state index in [2.05, 4.69) is 25.3 Å². The fourth-order valence-electron chi connectivity index (χ4n) is 2.74. The number of anilines is 1. The van der Waals surface area contributed by atoms with Gasteiger partial charge in [-0.15, -0.1) is 0 Å². The van der Waals surface area contributed by atoms with Crippen LogP contribution in [0.5, 0.6) is 0 Å². The average Bonchev–Trinajstić information content (AvgIpc) is 2.75. The molecule has 0 spiro atoms. The Bertz CT molecular complexity index is 1270. The van der Waals surface area contributed by atoms with Crippen molar-refractivity contribution >= 4 is 46.7 Å². The Kier molecular flexibility index (Phi) is 6.53. The first-order valence-electron chi connectivity index (χ1n) is 9.28. The second-order valence-corrected chi connectivity index (χ2v) is 6.69. The zero-order valence-corrected chi connectivity index (χ0v) is 16.5. The van der Waals surface area contributed by atoms with Crippen molar-refractivity contribution in [3.63, 3.8) is 0 Å². The minimum absolute atomic E-state index is 0.0305. The summed E-state index contributed by atoms with van der Waals surface area (Å²) >= 11 is 0. The average molecular weight is 438 g/mol. The number of aromatic nitrogens is 3. The first-order valence-corrected chi connectivity index (χ1v) is 9.28. The highest BCUT2D eigenvalue weighted by atomic mass is 16.4. The quantitative estimate of drug-likeness (QED) is 0.314. The number of fused-ring (bicyclic) bond motifs is 1. The number of hydrogen-bond donors (Lipinski definition) is 5. The van der Waals surface area contributed by atoms with Gasteiger partial charge in [0.1, 0.15) is 6.04 Å². The third kappa shape index (κ3) is 5.50. The van der Waals surface area contributed by atoms with E-state index < -0.39 is 29.4 Å². The third-order valence-electron chi connectivity index (χ3n) is 4.34. The predicted molar refractivity (Wildman–Crippen MR) is 114 cm³/mol. The molecule has 1 aromatic carbocycles. The molecule has 0 aliphatic rings. The van der Waals surface area contributed by atoms with Crippen molar-refractivity contribution in [2.75, 3.05) is 5.73 Å². The molecule has 0 saturated heterocycles. The van der Waals surface area contributed by atoms with Crippen LogP contribution in [0.15, 0.2) is 46.3 Å². The van der Waals surface area contributed by atoms with Crippen LogP contribution in [-0.4, -0.2) is 55.3 Å². The van der Waals surface area contributed by atoms with E-state index in [1.807, 2.05) is 0 Å². The van der Waals surface area contributed by atoms with Crippen molar-refractivity contribution in [1.29, 1.82) is 0 Å². The van der Waals surface area contributed by atoms with E-state index in [9.17, 15) is 19.2 Å². The van der Waals surface area contributed by atoms with Crippen molar-refractivity contribution in [3.05, 3.63) is 58.0 Å². The van der Waals surface area contributed by atoms with Crippen LogP contribution in [0, 0.1) is 0 Å². The standard InChI is InChI=1S/C20H18N6O6/c21-20-25-16-13(18(30)26-20)7-10(9-23-16)8-22-12-3-1-11(2-4-12)17(29)24-14(19(31)32)5-6-15(27)28/h1-4,7-9,14H,5-6H2,(H,24,29)(H,27,28)(H,31,32)(H3,21,23,25,26,30)/t14-/m0/s1. The SMILES string of the molecule is Nc1nc2ncc(C=Nc3ccc(C(=O)N[C@@H](CCC(=O)O)C(=O)O)cc3)cc2c(=O)[nH]1. The molecule has 0 aliphatic heterocycles. The van der Waals surface area contributed by atoms with E-state index in [-0.39, 0.29) is 35.4 Å². The molecular weight excluding hydrogens is 420 g/mol. The second kappa shape index (κ2) is 9.47. The van der Waals surface area contributed by atoms with Crippen LogP contribution in [0.1, 0.15) is 28.8 Å². The Morgan fingerprint density at radius 2 is 1.94 bits per heavy atom. The van der Waals surface area contributed by atoms with Crippen LogP contribution in [0.4, 0.5) is 11.6 Å². The Balaban J connectivity index is 1.70. The number of aliphatic imine (C=N–C) groups is 1. The summed E-state index contributed by atoms with van der Waals surface area (Å²) in [5, 5.41) is 20.4. The number of carbonyl (C=O) groups excluding carboxylic acids is 1. The zero-order chi connectivity index (χ0) is 23.3. The molecule has 3 aromatic rings. The second-order valence-electron chi connectivity index (χ2n) is 6.69. The molecule has 0 radical (unpaired) electrons. The number of benzene rings is 1. The van der Waals surface area contributed by atoms with Gasteiger partial charge in [-0.3, -0.25) is 24.4 Å². The van der Waals surface area contributed by atoms with Crippen LogP contribution < -0.4 is 16.6 Å². The molecule has 1 atom stereocenters. The molecule has 0 aliphatic carbocycles. The van der Waals surface area contributed by atoms with Gasteiger partial charge in [0.05, 0.1) is 11.1 Å². The van der Waals surface area contributed by atoms with E-state index in [1.165, 1.54) is 24.5 Å². The lowest BCUT2D eigenvalue weighted by Gasteiger charge is -2.13. The number of carbonyl (C=O) groups is 3. The van der Waals surface area contributed by atoms with Crippen molar-refractivity contribution in [2.45, 2.75) is 18.9 Å². The molecule has 164 valence electrons. The van der Waals surface area contributed by atoms with Crippen LogP contribution in [-0.2, 0) is 9.59 Å². The Morgan fingerprint density at radius 3 is 2.59 bits per heavy atom. The van der Waals surface area contributed by atoms with E-state index in [0.717, 1.165) is 0 Å². The first kappa shape index (κ1) is 22.1. The Morgan fingerprint density at radius 1 is 1.22 bits per heavy atom. The molecule has 12 nitrogen and oxygen atoms in total. The lowest BCUT2D eigenvalue weighted by molar-refractivity contribution is -0.140.